The lowest BCUT2D eigenvalue weighted by molar-refractivity contribution is 0.0689. The first-order valence-corrected chi connectivity index (χ1v) is 4.94. The third kappa shape index (κ3) is 1.70. The lowest BCUT2D eigenvalue weighted by atomic mass is 10.1. The summed E-state index contributed by atoms with van der Waals surface area (Å²) >= 11 is 11.4. The van der Waals surface area contributed by atoms with Gasteiger partial charge in [-0.15, -0.1) is 0 Å². The van der Waals surface area contributed by atoms with E-state index < -0.39 is 5.97 Å². The predicted octanol–water partition coefficient (Wildman–Crippen LogP) is 2.96. The summed E-state index contributed by atoms with van der Waals surface area (Å²) in [5.41, 5.74) is 0.730. The second-order valence-corrected chi connectivity index (χ2v) is 4.04. The van der Waals surface area contributed by atoms with E-state index in [4.69, 9.17) is 28.3 Å². The molecule has 74 valence electrons. The lowest BCUT2D eigenvalue weighted by Gasteiger charge is -2.05. The van der Waals surface area contributed by atoms with Gasteiger partial charge < -0.3 is 5.11 Å². The molecule has 0 saturated heterocycles. The molecule has 0 aliphatic heterocycles. The zero-order valence-corrected chi connectivity index (χ0v) is 8.64. The molecule has 1 aliphatic rings. The molecule has 5 heteroatoms. The maximum absolute atomic E-state index is 10.9. The summed E-state index contributed by atoms with van der Waals surface area (Å²) in [6.45, 7) is 0. The summed E-state index contributed by atoms with van der Waals surface area (Å²) in [6.07, 6.45) is 2.00. The van der Waals surface area contributed by atoms with Crippen LogP contribution in [0.25, 0.3) is 0 Å². The van der Waals surface area contributed by atoms with Crippen LogP contribution in [0.2, 0.25) is 10.2 Å². The molecule has 1 heterocycles. The van der Waals surface area contributed by atoms with Gasteiger partial charge in [0.05, 0.1) is 5.02 Å². The SMILES string of the molecule is O=C(O)c1nc(Cl)c(Cl)cc1C1CC1. The molecule has 0 aromatic carbocycles. The largest absolute Gasteiger partial charge is 0.477 e. The maximum atomic E-state index is 10.9. The minimum Gasteiger partial charge on any atom is -0.477 e. The number of hydrogen-bond donors (Lipinski definition) is 1. The Labute approximate surface area is 90.7 Å². The molecule has 1 fully saturated rings. The fourth-order valence-electron chi connectivity index (χ4n) is 1.36. The Kier molecular flexibility index (Phi) is 2.37. The second-order valence-electron chi connectivity index (χ2n) is 3.28. The number of aromatic nitrogens is 1. The second kappa shape index (κ2) is 3.41. The Balaban J connectivity index is 2.54. The van der Waals surface area contributed by atoms with Gasteiger partial charge in [0.15, 0.2) is 5.69 Å². The third-order valence-electron chi connectivity index (χ3n) is 2.18. The van der Waals surface area contributed by atoms with Crippen molar-refractivity contribution in [3.63, 3.8) is 0 Å². The van der Waals surface area contributed by atoms with E-state index in [1.54, 1.807) is 6.07 Å². The van der Waals surface area contributed by atoms with Crippen LogP contribution in [0.4, 0.5) is 0 Å². The highest BCUT2D eigenvalue weighted by molar-refractivity contribution is 6.41. The molecular formula is C9H7Cl2NO2. The molecule has 0 amide bonds. The number of carboxylic acids is 1. The Morgan fingerprint density at radius 1 is 1.50 bits per heavy atom. The highest BCUT2D eigenvalue weighted by atomic mass is 35.5. The average molecular weight is 232 g/mol. The molecule has 1 N–H and O–H groups in total. The van der Waals surface area contributed by atoms with E-state index in [0.717, 1.165) is 12.8 Å². The van der Waals surface area contributed by atoms with Gasteiger partial charge in [0.2, 0.25) is 0 Å². The van der Waals surface area contributed by atoms with Crippen LogP contribution >= 0.6 is 23.2 Å². The van der Waals surface area contributed by atoms with Crippen molar-refractivity contribution in [2.75, 3.05) is 0 Å². The summed E-state index contributed by atoms with van der Waals surface area (Å²) < 4.78 is 0. The number of halogens is 2. The van der Waals surface area contributed by atoms with Crippen molar-refractivity contribution in [3.8, 4) is 0 Å². The van der Waals surface area contributed by atoms with Gasteiger partial charge in [0.1, 0.15) is 5.15 Å². The first kappa shape index (κ1) is 9.74. The lowest BCUT2D eigenvalue weighted by Crippen LogP contribution is -2.05. The van der Waals surface area contributed by atoms with Crippen molar-refractivity contribution < 1.29 is 9.90 Å². The molecule has 0 unspecified atom stereocenters. The fourth-order valence-corrected chi connectivity index (χ4v) is 1.66. The monoisotopic (exact) mass is 231 g/mol. The molecule has 1 aromatic heterocycles. The molecule has 0 radical (unpaired) electrons. The molecule has 0 atom stereocenters. The van der Waals surface area contributed by atoms with Gasteiger partial charge in [-0.2, -0.15) is 0 Å². The normalized spacial score (nSPS) is 15.6. The molecule has 2 rings (SSSR count). The quantitative estimate of drug-likeness (QED) is 0.797. The molecule has 3 nitrogen and oxygen atoms in total. The van der Waals surface area contributed by atoms with Crippen molar-refractivity contribution in [2.45, 2.75) is 18.8 Å². The first-order chi connectivity index (χ1) is 6.59. The van der Waals surface area contributed by atoms with Crippen molar-refractivity contribution in [1.29, 1.82) is 0 Å². The number of aromatic carboxylic acids is 1. The van der Waals surface area contributed by atoms with Crippen molar-refractivity contribution in [1.82, 2.24) is 4.98 Å². The highest BCUT2D eigenvalue weighted by Crippen LogP contribution is 2.42. The van der Waals surface area contributed by atoms with Crippen LogP contribution in [0.15, 0.2) is 6.07 Å². The Morgan fingerprint density at radius 2 is 2.14 bits per heavy atom. The van der Waals surface area contributed by atoms with Gasteiger partial charge >= 0.3 is 5.97 Å². The van der Waals surface area contributed by atoms with Crippen molar-refractivity contribution >= 4 is 29.2 Å². The average Bonchev–Trinajstić information content (AvgIpc) is 2.91. The van der Waals surface area contributed by atoms with Gasteiger partial charge in [-0.05, 0) is 30.4 Å². The summed E-state index contributed by atoms with van der Waals surface area (Å²) in [5, 5.41) is 9.26. The van der Waals surface area contributed by atoms with E-state index in [1.165, 1.54) is 0 Å². The van der Waals surface area contributed by atoms with Crippen LogP contribution in [0, 0.1) is 0 Å². The molecule has 14 heavy (non-hydrogen) atoms. The molecule has 1 saturated carbocycles. The van der Waals surface area contributed by atoms with Crippen LogP contribution in [0.1, 0.15) is 34.8 Å². The van der Waals surface area contributed by atoms with Crippen LogP contribution in [-0.4, -0.2) is 16.1 Å². The fraction of sp³-hybridized carbons (Fsp3) is 0.333. The van der Waals surface area contributed by atoms with Crippen LogP contribution < -0.4 is 0 Å². The zero-order chi connectivity index (χ0) is 10.3. The van der Waals surface area contributed by atoms with Crippen LogP contribution in [-0.2, 0) is 0 Å². The maximum Gasteiger partial charge on any atom is 0.354 e. The molecule has 0 spiro atoms. The smallest absolute Gasteiger partial charge is 0.354 e. The van der Waals surface area contributed by atoms with E-state index >= 15 is 0 Å². The Bertz CT molecular complexity index is 402. The third-order valence-corrected chi connectivity index (χ3v) is 2.86. The van der Waals surface area contributed by atoms with Gasteiger partial charge in [-0.25, -0.2) is 9.78 Å². The van der Waals surface area contributed by atoms with Crippen molar-refractivity contribution in [2.24, 2.45) is 0 Å². The van der Waals surface area contributed by atoms with Gasteiger partial charge in [0, 0.05) is 0 Å². The van der Waals surface area contributed by atoms with E-state index in [0.29, 0.717) is 16.5 Å². The highest BCUT2D eigenvalue weighted by Gasteiger charge is 2.29. The number of pyridine rings is 1. The van der Waals surface area contributed by atoms with E-state index in [2.05, 4.69) is 4.98 Å². The first-order valence-electron chi connectivity index (χ1n) is 4.19. The van der Waals surface area contributed by atoms with Gasteiger partial charge in [-0.1, -0.05) is 23.2 Å². The predicted molar refractivity (Wildman–Crippen MR) is 53.2 cm³/mol. The number of hydrogen-bond acceptors (Lipinski definition) is 2. The van der Waals surface area contributed by atoms with Gasteiger partial charge in [-0.3, -0.25) is 0 Å². The van der Waals surface area contributed by atoms with E-state index in [-0.39, 0.29) is 10.8 Å². The Hall–Kier alpha value is -0.800. The van der Waals surface area contributed by atoms with Crippen molar-refractivity contribution in [3.05, 3.63) is 27.5 Å². The Morgan fingerprint density at radius 3 is 2.64 bits per heavy atom. The van der Waals surface area contributed by atoms with Crippen LogP contribution in [0.5, 0.6) is 0 Å². The summed E-state index contributed by atoms with van der Waals surface area (Å²) in [4.78, 5) is 14.6. The standard InChI is InChI=1S/C9H7Cl2NO2/c10-6-3-5(4-1-2-4)7(9(13)14)12-8(6)11/h3-4H,1-2H2,(H,13,14). The number of carbonyl (C=O) groups is 1. The summed E-state index contributed by atoms with van der Waals surface area (Å²) in [7, 11) is 0. The topological polar surface area (TPSA) is 50.2 Å². The molecule has 1 aromatic rings. The number of carboxylic acid groups (broad SMARTS) is 1. The number of rotatable bonds is 2. The summed E-state index contributed by atoms with van der Waals surface area (Å²) in [5.74, 6) is -0.756. The summed E-state index contributed by atoms with van der Waals surface area (Å²) in [6, 6.07) is 1.61. The minimum atomic E-state index is -1.05. The van der Waals surface area contributed by atoms with Gasteiger partial charge in [0.25, 0.3) is 0 Å². The number of nitrogens with zero attached hydrogens (tertiary/aromatic N) is 1. The van der Waals surface area contributed by atoms with Crippen LogP contribution in [0.3, 0.4) is 0 Å². The van der Waals surface area contributed by atoms with E-state index in [1.807, 2.05) is 0 Å². The van der Waals surface area contributed by atoms with E-state index in [9.17, 15) is 4.79 Å². The zero-order valence-electron chi connectivity index (χ0n) is 7.13. The molecule has 1 aliphatic carbocycles. The molecular weight excluding hydrogens is 225 g/mol. The minimum absolute atomic E-state index is 0.0295. The molecule has 0 bridgehead atoms.